The lowest BCUT2D eigenvalue weighted by atomic mass is 10.1. The average Bonchev–Trinajstić information content (AvgIpc) is 3.25. The fourth-order valence-electron chi connectivity index (χ4n) is 3.77. The third kappa shape index (κ3) is 3.01. The van der Waals surface area contributed by atoms with E-state index in [0.29, 0.717) is 5.92 Å². The fourth-order valence-corrected chi connectivity index (χ4v) is 4.47. The van der Waals surface area contributed by atoms with Crippen molar-refractivity contribution in [3.63, 3.8) is 0 Å². The summed E-state index contributed by atoms with van der Waals surface area (Å²) < 4.78 is 4.97. The van der Waals surface area contributed by atoms with Crippen LogP contribution in [0, 0.1) is 12.8 Å². The van der Waals surface area contributed by atoms with Gasteiger partial charge < -0.3 is 4.90 Å². The minimum atomic E-state index is 0.176. The van der Waals surface area contributed by atoms with Gasteiger partial charge in [0.15, 0.2) is 5.65 Å². The molecule has 0 bridgehead atoms. The molecule has 0 saturated carbocycles. The first kappa shape index (κ1) is 17.8. The van der Waals surface area contributed by atoms with E-state index in [1.807, 2.05) is 34.3 Å². The molecule has 138 valence electrons. The molecule has 1 saturated heterocycles. The molecule has 6 nitrogen and oxygen atoms in total. The Labute approximate surface area is 166 Å². The van der Waals surface area contributed by atoms with Crippen LogP contribution in [-0.2, 0) is 6.54 Å². The second kappa shape index (κ2) is 6.85. The topological polar surface area (TPSA) is 51.2 Å². The van der Waals surface area contributed by atoms with Gasteiger partial charge in [-0.05, 0) is 53.7 Å². The van der Waals surface area contributed by atoms with Gasteiger partial charge in [0.1, 0.15) is 5.15 Å². The number of rotatable bonds is 4. The first-order valence-corrected chi connectivity index (χ1v) is 10.1. The van der Waals surface area contributed by atoms with E-state index in [1.165, 1.54) is 0 Å². The van der Waals surface area contributed by atoms with E-state index in [4.69, 9.17) is 16.7 Å². The highest BCUT2D eigenvalue weighted by Gasteiger charge is 2.34. The maximum Gasteiger partial charge on any atom is 0.232 e. The van der Waals surface area contributed by atoms with Crippen LogP contribution in [0.1, 0.15) is 44.0 Å². The number of fused-ring (bicyclic) bond motifs is 1. The molecule has 1 unspecified atom stereocenters. The molecule has 1 fully saturated rings. The van der Waals surface area contributed by atoms with E-state index in [2.05, 4.69) is 44.9 Å². The normalized spacial score (nSPS) is 17.8. The Bertz CT molecular complexity index is 947. The van der Waals surface area contributed by atoms with Crippen molar-refractivity contribution in [2.45, 2.75) is 46.2 Å². The second-order valence-electron chi connectivity index (χ2n) is 7.29. The number of anilines is 1. The fraction of sp³-hybridized carbons (Fsp3) is 0.500. The summed E-state index contributed by atoms with van der Waals surface area (Å²) in [6.07, 6.45) is 4.15. The molecule has 0 aliphatic carbocycles. The lowest BCUT2D eigenvalue weighted by Crippen LogP contribution is -2.25. The molecular weight excluding hydrogens is 416 g/mol. The third-order valence-electron chi connectivity index (χ3n) is 4.84. The van der Waals surface area contributed by atoms with E-state index >= 15 is 0 Å². The minimum Gasteiger partial charge on any atom is -0.333 e. The van der Waals surface area contributed by atoms with Crippen LogP contribution in [0.5, 0.6) is 0 Å². The van der Waals surface area contributed by atoms with Crippen LogP contribution < -0.4 is 4.90 Å². The summed E-state index contributed by atoms with van der Waals surface area (Å²) >= 11 is 10.3. The predicted molar refractivity (Wildman–Crippen MR) is 107 cm³/mol. The molecule has 4 rings (SSSR count). The molecule has 4 heterocycles. The molecule has 3 aromatic heterocycles. The molecule has 1 aliphatic rings. The van der Waals surface area contributed by atoms with Crippen molar-refractivity contribution in [1.82, 2.24) is 24.4 Å². The molecule has 26 heavy (non-hydrogen) atoms. The van der Waals surface area contributed by atoms with Crippen LogP contribution in [0.3, 0.4) is 0 Å². The molecule has 0 spiro atoms. The summed E-state index contributed by atoms with van der Waals surface area (Å²) in [5, 5.41) is 14.2. The molecule has 0 N–H and O–H groups in total. The van der Waals surface area contributed by atoms with Gasteiger partial charge in [-0.1, -0.05) is 25.4 Å². The van der Waals surface area contributed by atoms with E-state index in [1.54, 1.807) is 0 Å². The van der Waals surface area contributed by atoms with Gasteiger partial charge in [-0.3, -0.25) is 9.08 Å². The Kier molecular flexibility index (Phi) is 4.69. The van der Waals surface area contributed by atoms with Gasteiger partial charge in [0.2, 0.25) is 5.95 Å². The van der Waals surface area contributed by atoms with Crippen LogP contribution in [0.2, 0.25) is 5.15 Å². The van der Waals surface area contributed by atoms with Crippen molar-refractivity contribution in [3.05, 3.63) is 39.2 Å². The Hall–Kier alpha value is -1.60. The summed E-state index contributed by atoms with van der Waals surface area (Å²) in [6.45, 7) is 8.16. The average molecular weight is 438 g/mol. The van der Waals surface area contributed by atoms with E-state index < -0.39 is 0 Å². The summed E-state index contributed by atoms with van der Waals surface area (Å²) in [7, 11) is 0. The highest BCUT2D eigenvalue weighted by atomic mass is 79.9. The number of hydrogen-bond acceptors (Lipinski definition) is 4. The van der Waals surface area contributed by atoms with E-state index in [0.717, 1.165) is 58.4 Å². The molecule has 1 aliphatic heterocycles. The quantitative estimate of drug-likeness (QED) is 0.596. The van der Waals surface area contributed by atoms with Crippen LogP contribution in [0.25, 0.3) is 5.65 Å². The van der Waals surface area contributed by atoms with E-state index in [-0.39, 0.29) is 6.04 Å². The van der Waals surface area contributed by atoms with Gasteiger partial charge in [-0.15, -0.1) is 10.2 Å². The van der Waals surface area contributed by atoms with Gasteiger partial charge >= 0.3 is 0 Å². The van der Waals surface area contributed by atoms with E-state index in [9.17, 15) is 0 Å². The van der Waals surface area contributed by atoms with Crippen molar-refractivity contribution in [3.8, 4) is 0 Å². The zero-order valence-electron chi connectivity index (χ0n) is 15.2. The van der Waals surface area contributed by atoms with Gasteiger partial charge in [0.25, 0.3) is 0 Å². The number of halogens is 2. The summed E-state index contributed by atoms with van der Waals surface area (Å²) in [5.74, 6) is 1.35. The van der Waals surface area contributed by atoms with Crippen LogP contribution in [-0.4, -0.2) is 30.9 Å². The van der Waals surface area contributed by atoms with Crippen LogP contribution in [0.15, 0.2) is 22.8 Å². The highest BCUT2D eigenvalue weighted by Crippen LogP contribution is 2.40. The highest BCUT2D eigenvalue weighted by molar-refractivity contribution is 9.10. The largest absolute Gasteiger partial charge is 0.333 e. The Morgan fingerprint density at radius 1 is 1.31 bits per heavy atom. The zero-order chi connectivity index (χ0) is 18.4. The van der Waals surface area contributed by atoms with Crippen molar-refractivity contribution in [2.75, 3.05) is 11.4 Å². The summed E-state index contributed by atoms with van der Waals surface area (Å²) in [6, 6.07) is 4.12. The standard InChI is InChI=1S/C18H22BrClN6/c1-11(2)9-26-17(20)16(12(3)23-26)14-5-4-8-24(14)18-22-21-15-7-6-13(19)10-25(15)18/h6-7,10-11,14H,4-5,8-9H2,1-3H3. The molecule has 0 aromatic carbocycles. The second-order valence-corrected chi connectivity index (χ2v) is 8.57. The maximum absolute atomic E-state index is 6.75. The van der Waals surface area contributed by atoms with Gasteiger partial charge in [0.05, 0.1) is 11.7 Å². The predicted octanol–water partition coefficient (Wildman–Crippen LogP) is 4.65. The Morgan fingerprint density at radius 2 is 2.12 bits per heavy atom. The molecule has 3 aromatic rings. The first-order chi connectivity index (χ1) is 12.5. The molecule has 8 heteroatoms. The summed E-state index contributed by atoms with van der Waals surface area (Å²) in [4.78, 5) is 2.31. The summed E-state index contributed by atoms with van der Waals surface area (Å²) in [5.41, 5.74) is 2.96. The van der Waals surface area contributed by atoms with Crippen molar-refractivity contribution in [1.29, 1.82) is 0 Å². The monoisotopic (exact) mass is 436 g/mol. The van der Waals surface area contributed by atoms with Crippen molar-refractivity contribution < 1.29 is 0 Å². The third-order valence-corrected chi connectivity index (χ3v) is 5.71. The number of nitrogens with zero attached hydrogens (tertiary/aromatic N) is 6. The van der Waals surface area contributed by atoms with Crippen molar-refractivity contribution in [2.24, 2.45) is 5.92 Å². The Balaban J connectivity index is 1.75. The lowest BCUT2D eigenvalue weighted by Gasteiger charge is -2.25. The smallest absolute Gasteiger partial charge is 0.232 e. The van der Waals surface area contributed by atoms with Crippen LogP contribution in [0.4, 0.5) is 5.95 Å². The molecule has 1 atom stereocenters. The van der Waals surface area contributed by atoms with Gasteiger partial charge in [-0.2, -0.15) is 5.10 Å². The number of hydrogen-bond donors (Lipinski definition) is 0. The first-order valence-electron chi connectivity index (χ1n) is 8.95. The maximum atomic E-state index is 6.75. The number of aromatic nitrogens is 5. The molecular formula is C18H22BrClN6. The number of pyridine rings is 1. The SMILES string of the molecule is Cc1nn(CC(C)C)c(Cl)c1C1CCCN1c1nnc2ccc(Br)cn12. The van der Waals surface area contributed by atoms with Gasteiger partial charge in [-0.25, -0.2) is 0 Å². The zero-order valence-corrected chi connectivity index (χ0v) is 17.5. The molecule has 0 radical (unpaired) electrons. The Morgan fingerprint density at radius 3 is 2.88 bits per heavy atom. The number of aryl methyl sites for hydroxylation is 1. The minimum absolute atomic E-state index is 0.176. The van der Waals surface area contributed by atoms with Crippen molar-refractivity contribution >= 4 is 39.1 Å². The van der Waals surface area contributed by atoms with Gasteiger partial charge in [0, 0.05) is 29.3 Å². The van der Waals surface area contributed by atoms with Crippen LogP contribution >= 0.6 is 27.5 Å². The molecule has 0 amide bonds. The lowest BCUT2D eigenvalue weighted by molar-refractivity contribution is 0.481.